The summed E-state index contributed by atoms with van der Waals surface area (Å²) in [6.45, 7) is 8.05. The van der Waals surface area contributed by atoms with Gasteiger partial charge < -0.3 is 0 Å². The van der Waals surface area contributed by atoms with Crippen molar-refractivity contribution in [2.24, 2.45) is 0 Å². The van der Waals surface area contributed by atoms with Crippen LogP contribution in [-0.2, 0) is 0 Å². The number of benzene rings is 1. The fraction of sp³-hybridized carbons (Fsp3) is 0.286. The first-order valence-electron chi connectivity index (χ1n) is 5.73. The average Bonchev–Trinajstić information content (AvgIpc) is 2.29. The summed E-state index contributed by atoms with van der Waals surface area (Å²) in [5, 5.41) is 1.25. The van der Waals surface area contributed by atoms with Gasteiger partial charge in [-0.3, -0.25) is 0 Å². The Morgan fingerprint density at radius 2 is 1.67 bits per heavy atom. The largest absolute Gasteiger partial charge is 0.241 e. The summed E-state index contributed by atoms with van der Waals surface area (Å²) < 4.78 is 0. The smallest absolute Gasteiger partial charge is 0.161 e. The molecule has 0 fully saturated rings. The Labute approximate surface area is 117 Å². The van der Waals surface area contributed by atoms with Crippen molar-refractivity contribution in [3.05, 3.63) is 45.9 Å². The molecule has 0 unspecified atom stereocenters. The molecule has 0 aliphatic rings. The highest BCUT2D eigenvalue weighted by atomic mass is 35.5. The Hall–Kier alpha value is -1.06. The fourth-order valence-electron chi connectivity index (χ4n) is 1.64. The summed E-state index contributed by atoms with van der Waals surface area (Å²) in [6, 6.07) is 6.35. The monoisotopic (exact) mass is 278 g/mol. The zero-order chi connectivity index (χ0) is 13.3. The molecule has 0 aliphatic carbocycles. The molecule has 2 nitrogen and oxygen atoms in total. The van der Waals surface area contributed by atoms with Gasteiger partial charge >= 0.3 is 0 Å². The van der Waals surface area contributed by atoms with Crippen molar-refractivity contribution in [2.45, 2.75) is 37.6 Å². The summed E-state index contributed by atoms with van der Waals surface area (Å²) in [7, 11) is 0. The third-order valence-corrected chi connectivity index (χ3v) is 4.30. The Morgan fingerprint density at radius 3 is 2.33 bits per heavy atom. The van der Waals surface area contributed by atoms with Gasteiger partial charge in [0.1, 0.15) is 5.03 Å². The molecule has 0 amide bonds. The van der Waals surface area contributed by atoms with E-state index in [1.165, 1.54) is 16.0 Å². The Morgan fingerprint density at radius 1 is 1.00 bits per heavy atom. The van der Waals surface area contributed by atoms with Gasteiger partial charge in [0.15, 0.2) is 5.15 Å². The molecule has 1 heterocycles. The lowest BCUT2D eigenvalue weighted by Crippen LogP contribution is -1.95. The summed E-state index contributed by atoms with van der Waals surface area (Å²) in [6.07, 6.45) is 0. The van der Waals surface area contributed by atoms with E-state index in [9.17, 15) is 0 Å². The highest BCUT2D eigenvalue weighted by Crippen LogP contribution is 2.33. The molecule has 0 atom stereocenters. The molecular formula is C14H15ClN2S. The standard InChI is InChI=1S/C14H15ClN2S/c1-8-5-6-12(9(2)7-8)18-14-13(15)16-10(3)11(4)17-14/h5-7H,1-4H3. The first kappa shape index (κ1) is 13.4. The van der Waals surface area contributed by atoms with Gasteiger partial charge in [-0.25, -0.2) is 9.97 Å². The number of nitrogens with zero attached hydrogens (tertiary/aromatic N) is 2. The maximum Gasteiger partial charge on any atom is 0.161 e. The second-order valence-corrected chi connectivity index (χ2v) is 5.75. The van der Waals surface area contributed by atoms with Crippen molar-refractivity contribution >= 4 is 23.4 Å². The van der Waals surface area contributed by atoms with Gasteiger partial charge in [-0.15, -0.1) is 0 Å². The molecule has 0 aliphatic heterocycles. The zero-order valence-corrected chi connectivity index (χ0v) is 12.5. The van der Waals surface area contributed by atoms with Crippen LogP contribution in [0, 0.1) is 27.7 Å². The SMILES string of the molecule is Cc1ccc(Sc2nc(C)c(C)nc2Cl)c(C)c1. The van der Waals surface area contributed by atoms with E-state index < -0.39 is 0 Å². The van der Waals surface area contributed by atoms with Crippen molar-refractivity contribution in [3.63, 3.8) is 0 Å². The molecule has 1 aromatic carbocycles. The van der Waals surface area contributed by atoms with E-state index in [1.807, 2.05) is 13.8 Å². The minimum atomic E-state index is 0.475. The fourth-order valence-corrected chi connectivity index (χ4v) is 2.80. The molecule has 0 saturated carbocycles. The Kier molecular flexibility index (Phi) is 3.93. The van der Waals surface area contributed by atoms with Gasteiger partial charge in [-0.2, -0.15) is 0 Å². The number of aryl methyl sites for hydroxylation is 4. The van der Waals surface area contributed by atoms with E-state index in [1.54, 1.807) is 11.8 Å². The van der Waals surface area contributed by atoms with E-state index >= 15 is 0 Å². The normalized spacial score (nSPS) is 10.7. The van der Waals surface area contributed by atoms with E-state index in [0.717, 1.165) is 16.4 Å². The summed E-state index contributed by atoms with van der Waals surface area (Å²) >= 11 is 7.71. The number of hydrogen-bond donors (Lipinski definition) is 0. The Balaban J connectivity index is 2.37. The summed E-state index contributed by atoms with van der Waals surface area (Å²) in [5.41, 5.74) is 4.29. The van der Waals surface area contributed by atoms with Gasteiger partial charge in [0.2, 0.25) is 0 Å². The topological polar surface area (TPSA) is 25.8 Å². The third kappa shape index (κ3) is 2.85. The van der Waals surface area contributed by atoms with E-state index in [-0.39, 0.29) is 0 Å². The lowest BCUT2D eigenvalue weighted by molar-refractivity contribution is 0.957. The molecule has 2 rings (SSSR count). The number of aromatic nitrogens is 2. The van der Waals surface area contributed by atoms with Gasteiger partial charge in [0.05, 0.1) is 11.4 Å². The van der Waals surface area contributed by atoms with Gasteiger partial charge in [0, 0.05) is 4.90 Å². The minimum absolute atomic E-state index is 0.475. The molecular weight excluding hydrogens is 264 g/mol. The predicted molar refractivity (Wildman–Crippen MR) is 76.6 cm³/mol. The van der Waals surface area contributed by atoms with Crippen LogP contribution in [0.3, 0.4) is 0 Å². The highest BCUT2D eigenvalue weighted by Gasteiger charge is 2.10. The van der Waals surface area contributed by atoms with Crippen molar-refractivity contribution in [2.75, 3.05) is 0 Å². The second kappa shape index (κ2) is 5.29. The lowest BCUT2D eigenvalue weighted by Gasteiger charge is -2.08. The van der Waals surface area contributed by atoms with Crippen molar-refractivity contribution in [1.82, 2.24) is 9.97 Å². The van der Waals surface area contributed by atoms with Crippen LogP contribution in [0.5, 0.6) is 0 Å². The first-order chi connectivity index (χ1) is 8.47. The molecule has 94 valence electrons. The maximum atomic E-state index is 6.14. The number of hydrogen-bond acceptors (Lipinski definition) is 3. The number of rotatable bonds is 2. The van der Waals surface area contributed by atoms with Crippen LogP contribution in [-0.4, -0.2) is 9.97 Å². The van der Waals surface area contributed by atoms with Crippen LogP contribution in [0.25, 0.3) is 0 Å². The molecule has 18 heavy (non-hydrogen) atoms. The zero-order valence-electron chi connectivity index (χ0n) is 10.9. The van der Waals surface area contributed by atoms with Crippen molar-refractivity contribution in [3.8, 4) is 0 Å². The molecule has 1 aromatic heterocycles. The van der Waals surface area contributed by atoms with Crippen LogP contribution in [0.1, 0.15) is 22.5 Å². The quantitative estimate of drug-likeness (QED) is 0.808. The van der Waals surface area contributed by atoms with Crippen LogP contribution in [0.15, 0.2) is 28.1 Å². The summed E-state index contributed by atoms with van der Waals surface area (Å²) in [4.78, 5) is 9.96. The van der Waals surface area contributed by atoms with Gasteiger partial charge in [0.25, 0.3) is 0 Å². The van der Waals surface area contributed by atoms with E-state index in [0.29, 0.717) is 5.15 Å². The molecule has 0 saturated heterocycles. The van der Waals surface area contributed by atoms with Crippen LogP contribution in [0.4, 0.5) is 0 Å². The molecule has 0 spiro atoms. The molecule has 4 heteroatoms. The highest BCUT2D eigenvalue weighted by molar-refractivity contribution is 7.99. The molecule has 0 bridgehead atoms. The molecule has 0 radical (unpaired) electrons. The predicted octanol–water partition coefficient (Wildman–Crippen LogP) is 4.51. The van der Waals surface area contributed by atoms with Crippen LogP contribution in [0.2, 0.25) is 5.15 Å². The van der Waals surface area contributed by atoms with E-state index in [2.05, 4.69) is 42.0 Å². The Bertz CT molecular complexity index is 597. The average molecular weight is 279 g/mol. The number of halogens is 1. The van der Waals surface area contributed by atoms with Crippen molar-refractivity contribution in [1.29, 1.82) is 0 Å². The molecule has 2 aromatic rings. The summed E-state index contributed by atoms with van der Waals surface area (Å²) in [5.74, 6) is 0. The second-order valence-electron chi connectivity index (χ2n) is 4.36. The van der Waals surface area contributed by atoms with E-state index in [4.69, 9.17) is 11.6 Å². The van der Waals surface area contributed by atoms with Crippen LogP contribution >= 0.6 is 23.4 Å². The molecule has 0 N–H and O–H groups in total. The maximum absolute atomic E-state index is 6.14. The third-order valence-electron chi connectivity index (χ3n) is 2.77. The van der Waals surface area contributed by atoms with Crippen molar-refractivity contribution < 1.29 is 0 Å². The van der Waals surface area contributed by atoms with Gasteiger partial charge in [-0.1, -0.05) is 41.1 Å². The van der Waals surface area contributed by atoms with Gasteiger partial charge in [-0.05, 0) is 39.3 Å². The lowest BCUT2D eigenvalue weighted by atomic mass is 10.2. The van der Waals surface area contributed by atoms with Crippen LogP contribution < -0.4 is 0 Å². The minimum Gasteiger partial charge on any atom is -0.241 e. The first-order valence-corrected chi connectivity index (χ1v) is 6.92.